The normalized spacial score (nSPS) is 15.9. The van der Waals surface area contributed by atoms with E-state index in [1.165, 1.54) is 32.5 Å². The van der Waals surface area contributed by atoms with E-state index in [-0.39, 0.29) is 24.0 Å². The highest BCUT2D eigenvalue weighted by Gasteiger charge is 2.14. The highest BCUT2D eigenvalue weighted by molar-refractivity contribution is 14.0. The van der Waals surface area contributed by atoms with Crippen molar-refractivity contribution in [3.8, 4) is 5.88 Å². The summed E-state index contributed by atoms with van der Waals surface area (Å²) in [6.07, 6.45) is 6.66. The second-order valence-electron chi connectivity index (χ2n) is 7.08. The predicted molar refractivity (Wildman–Crippen MR) is 123 cm³/mol. The van der Waals surface area contributed by atoms with Crippen LogP contribution >= 0.6 is 24.0 Å². The van der Waals surface area contributed by atoms with Gasteiger partial charge in [0.25, 0.3) is 0 Å². The van der Waals surface area contributed by atoms with Gasteiger partial charge in [0, 0.05) is 32.4 Å². The van der Waals surface area contributed by atoms with E-state index < -0.39 is 0 Å². The van der Waals surface area contributed by atoms with Crippen LogP contribution in [0.4, 0.5) is 0 Å². The van der Waals surface area contributed by atoms with Crippen molar-refractivity contribution in [2.24, 2.45) is 10.9 Å². The van der Waals surface area contributed by atoms with E-state index in [4.69, 9.17) is 4.74 Å². The third-order valence-corrected chi connectivity index (χ3v) is 4.76. The third kappa shape index (κ3) is 9.60. The molecule has 0 aromatic carbocycles. The van der Waals surface area contributed by atoms with E-state index in [2.05, 4.69) is 39.4 Å². The molecule has 2 rings (SSSR count). The summed E-state index contributed by atoms with van der Waals surface area (Å²) in [5.74, 6) is 2.42. The molecule has 1 fully saturated rings. The van der Waals surface area contributed by atoms with Crippen molar-refractivity contribution in [1.82, 2.24) is 20.5 Å². The van der Waals surface area contributed by atoms with Crippen LogP contribution < -0.4 is 15.4 Å². The molecule has 0 atom stereocenters. The molecule has 0 saturated carbocycles. The fraction of sp³-hybridized carbons (Fsp3) is 0.700. The van der Waals surface area contributed by atoms with Crippen molar-refractivity contribution in [2.45, 2.75) is 46.1 Å². The molecule has 2 N–H and O–H groups in total. The van der Waals surface area contributed by atoms with Crippen LogP contribution in [0.1, 0.15) is 45.1 Å². The molecule has 0 radical (unpaired) electrons. The van der Waals surface area contributed by atoms with Crippen LogP contribution in [0.2, 0.25) is 0 Å². The lowest BCUT2D eigenvalue weighted by Crippen LogP contribution is -2.39. The van der Waals surface area contributed by atoms with E-state index in [1.807, 2.05) is 18.3 Å². The highest BCUT2D eigenvalue weighted by atomic mass is 127. The van der Waals surface area contributed by atoms with Gasteiger partial charge < -0.3 is 20.3 Å². The van der Waals surface area contributed by atoms with Gasteiger partial charge in [-0.2, -0.15) is 0 Å². The van der Waals surface area contributed by atoms with Crippen LogP contribution in [-0.4, -0.2) is 55.7 Å². The summed E-state index contributed by atoms with van der Waals surface area (Å²) in [6, 6.07) is 3.96. The first-order valence-electron chi connectivity index (χ1n) is 9.96. The van der Waals surface area contributed by atoms with Crippen LogP contribution in [0.15, 0.2) is 23.3 Å². The van der Waals surface area contributed by atoms with Crippen molar-refractivity contribution < 1.29 is 4.74 Å². The van der Waals surface area contributed by atoms with Gasteiger partial charge in [-0.1, -0.05) is 19.9 Å². The Morgan fingerprint density at radius 1 is 1.30 bits per heavy atom. The molecule has 0 unspecified atom stereocenters. The zero-order valence-electron chi connectivity index (χ0n) is 17.0. The van der Waals surface area contributed by atoms with Gasteiger partial charge in [-0.25, -0.2) is 4.98 Å². The van der Waals surface area contributed by atoms with Gasteiger partial charge in [0.05, 0.1) is 6.61 Å². The Labute approximate surface area is 181 Å². The average Bonchev–Trinajstić information content (AvgIpc) is 2.68. The second-order valence-corrected chi connectivity index (χ2v) is 7.08. The fourth-order valence-electron chi connectivity index (χ4n) is 3.01. The van der Waals surface area contributed by atoms with Crippen LogP contribution in [0.3, 0.4) is 0 Å². The Bertz CT molecular complexity index is 530. The number of aliphatic imine (C=N–C) groups is 1. The van der Waals surface area contributed by atoms with Gasteiger partial charge in [0.15, 0.2) is 5.96 Å². The van der Waals surface area contributed by atoms with Gasteiger partial charge in [0.1, 0.15) is 0 Å². The minimum absolute atomic E-state index is 0. The largest absolute Gasteiger partial charge is 0.478 e. The van der Waals surface area contributed by atoms with Crippen molar-refractivity contribution in [1.29, 1.82) is 0 Å². The average molecular weight is 489 g/mol. The van der Waals surface area contributed by atoms with E-state index in [9.17, 15) is 0 Å². The van der Waals surface area contributed by atoms with E-state index in [0.717, 1.165) is 36.8 Å². The first-order valence-corrected chi connectivity index (χ1v) is 9.96. The Hall–Kier alpha value is -1.09. The second kappa shape index (κ2) is 14.0. The molecule has 1 aliphatic heterocycles. The molecule has 1 aliphatic rings. The summed E-state index contributed by atoms with van der Waals surface area (Å²) in [4.78, 5) is 11.2. The minimum atomic E-state index is 0. The fourth-order valence-corrected chi connectivity index (χ4v) is 3.01. The molecule has 0 spiro atoms. The monoisotopic (exact) mass is 489 g/mol. The SMILES string of the molecule is CCCOc1ccc(CNC(=NC)NCCCN2CCC(C)CC2)cn1.I. The van der Waals surface area contributed by atoms with Crippen molar-refractivity contribution in [2.75, 3.05) is 39.8 Å². The molecule has 1 aromatic heterocycles. The van der Waals surface area contributed by atoms with Gasteiger partial charge >= 0.3 is 0 Å². The Kier molecular flexibility index (Phi) is 12.4. The van der Waals surface area contributed by atoms with Crippen LogP contribution in [-0.2, 0) is 6.54 Å². The topological polar surface area (TPSA) is 61.8 Å². The molecule has 0 bridgehead atoms. The van der Waals surface area contributed by atoms with Gasteiger partial charge in [0.2, 0.25) is 5.88 Å². The maximum atomic E-state index is 5.51. The zero-order chi connectivity index (χ0) is 18.6. The predicted octanol–water partition coefficient (Wildman–Crippen LogP) is 3.28. The lowest BCUT2D eigenvalue weighted by Gasteiger charge is -2.30. The summed E-state index contributed by atoms with van der Waals surface area (Å²) in [5.41, 5.74) is 1.11. The molecule has 0 aliphatic carbocycles. The number of aromatic nitrogens is 1. The standard InChI is InChI=1S/C20H35N5O.HI/c1-4-14-26-19-7-6-18(15-23-19)16-24-20(21-3)22-10-5-11-25-12-8-17(2)9-13-25;/h6-7,15,17H,4-5,8-14,16H2,1-3H3,(H2,21,22,24);1H. The molecular weight excluding hydrogens is 453 g/mol. The number of nitrogens with one attached hydrogen (secondary N) is 2. The van der Waals surface area contributed by atoms with Crippen LogP contribution in [0, 0.1) is 5.92 Å². The Balaban J connectivity index is 0.00000364. The van der Waals surface area contributed by atoms with Gasteiger partial charge in [-0.3, -0.25) is 4.99 Å². The number of guanidine groups is 1. The summed E-state index contributed by atoms with van der Waals surface area (Å²) in [7, 11) is 1.81. The summed E-state index contributed by atoms with van der Waals surface area (Å²) >= 11 is 0. The Morgan fingerprint density at radius 3 is 2.70 bits per heavy atom. The number of pyridine rings is 1. The number of piperidine rings is 1. The zero-order valence-corrected chi connectivity index (χ0v) is 19.4. The number of hydrogen-bond acceptors (Lipinski definition) is 4. The molecule has 27 heavy (non-hydrogen) atoms. The van der Waals surface area contributed by atoms with Gasteiger partial charge in [-0.15, -0.1) is 24.0 Å². The Morgan fingerprint density at radius 2 is 2.07 bits per heavy atom. The molecule has 1 aromatic rings. The number of hydrogen-bond donors (Lipinski definition) is 2. The molecule has 1 saturated heterocycles. The molecule has 6 nitrogen and oxygen atoms in total. The minimum Gasteiger partial charge on any atom is -0.478 e. The molecular formula is C20H36IN5O. The summed E-state index contributed by atoms with van der Waals surface area (Å²) in [5, 5.41) is 6.73. The van der Waals surface area contributed by atoms with E-state index in [0.29, 0.717) is 19.0 Å². The smallest absolute Gasteiger partial charge is 0.213 e. The highest BCUT2D eigenvalue weighted by Crippen LogP contribution is 2.15. The van der Waals surface area contributed by atoms with Gasteiger partial charge in [-0.05, 0) is 56.8 Å². The maximum Gasteiger partial charge on any atom is 0.213 e. The third-order valence-electron chi connectivity index (χ3n) is 4.76. The van der Waals surface area contributed by atoms with E-state index >= 15 is 0 Å². The molecule has 154 valence electrons. The summed E-state index contributed by atoms with van der Waals surface area (Å²) in [6.45, 7) is 10.5. The lowest BCUT2D eigenvalue weighted by atomic mass is 9.99. The summed E-state index contributed by atoms with van der Waals surface area (Å²) < 4.78 is 5.51. The molecule has 0 amide bonds. The molecule has 7 heteroatoms. The van der Waals surface area contributed by atoms with Crippen molar-refractivity contribution in [3.63, 3.8) is 0 Å². The maximum absolute atomic E-state index is 5.51. The van der Waals surface area contributed by atoms with Crippen molar-refractivity contribution >= 4 is 29.9 Å². The number of halogens is 1. The number of ether oxygens (including phenoxy) is 1. The van der Waals surface area contributed by atoms with Crippen LogP contribution in [0.5, 0.6) is 5.88 Å². The first-order chi connectivity index (χ1) is 12.7. The molecule has 2 heterocycles. The van der Waals surface area contributed by atoms with Crippen molar-refractivity contribution in [3.05, 3.63) is 23.9 Å². The van der Waals surface area contributed by atoms with E-state index in [1.54, 1.807) is 7.05 Å². The lowest BCUT2D eigenvalue weighted by molar-refractivity contribution is 0.191. The number of rotatable bonds is 9. The number of likely N-dealkylation sites (tertiary alicyclic amines) is 1. The number of nitrogens with zero attached hydrogens (tertiary/aromatic N) is 3. The first kappa shape index (κ1) is 23.9. The van der Waals surface area contributed by atoms with Crippen LogP contribution in [0.25, 0.3) is 0 Å². The quantitative estimate of drug-likeness (QED) is 0.241.